The number of halogens is 3. The average Bonchev–Trinajstić information content (AvgIpc) is 2.51. The standard InChI is InChI=1S/C17H18BrCl2NO3/c1-9(2)24-17-10(4-11(18)5-15(17)23-3)8-21-12-6-13(19)16(22)14(20)7-12/h4-7,9,21-22H,8H2,1-3H3. The summed E-state index contributed by atoms with van der Waals surface area (Å²) in [7, 11) is 1.60. The van der Waals surface area contributed by atoms with E-state index in [1.54, 1.807) is 19.2 Å². The predicted molar refractivity (Wildman–Crippen MR) is 102 cm³/mol. The van der Waals surface area contributed by atoms with Crippen LogP contribution in [0.5, 0.6) is 17.2 Å². The Kier molecular flexibility index (Phi) is 6.49. The minimum absolute atomic E-state index is 0.0105. The first kappa shape index (κ1) is 19.0. The van der Waals surface area contributed by atoms with Gasteiger partial charge in [-0.3, -0.25) is 0 Å². The van der Waals surface area contributed by atoms with Gasteiger partial charge in [-0.2, -0.15) is 0 Å². The summed E-state index contributed by atoms with van der Waals surface area (Å²) in [6.45, 7) is 4.38. The fraction of sp³-hybridized carbons (Fsp3) is 0.294. The van der Waals surface area contributed by atoms with Gasteiger partial charge in [-0.25, -0.2) is 0 Å². The van der Waals surface area contributed by atoms with Gasteiger partial charge in [0.1, 0.15) is 0 Å². The van der Waals surface area contributed by atoms with Crippen molar-refractivity contribution in [3.8, 4) is 17.2 Å². The van der Waals surface area contributed by atoms with Crippen LogP contribution in [-0.4, -0.2) is 18.3 Å². The summed E-state index contributed by atoms with van der Waals surface area (Å²) in [5.41, 5.74) is 1.60. The highest BCUT2D eigenvalue weighted by molar-refractivity contribution is 9.10. The minimum atomic E-state index is -0.128. The van der Waals surface area contributed by atoms with Crippen LogP contribution in [-0.2, 0) is 6.54 Å². The summed E-state index contributed by atoms with van der Waals surface area (Å²) in [4.78, 5) is 0. The molecule has 0 spiro atoms. The molecule has 0 amide bonds. The summed E-state index contributed by atoms with van der Waals surface area (Å²) in [6.07, 6.45) is 0.0105. The van der Waals surface area contributed by atoms with E-state index in [0.29, 0.717) is 23.7 Å². The molecule has 0 saturated heterocycles. The first-order chi connectivity index (χ1) is 11.3. The highest BCUT2D eigenvalue weighted by Crippen LogP contribution is 2.37. The first-order valence-corrected chi connectivity index (χ1v) is 8.81. The number of ether oxygens (including phenoxy) is 2. The van der Waals surface area contributed by atoms with Gasteiger partial charge >= 0.3 is 0 Å². The van der Waals surface area contributed by atoms with Crippen LogP contribution in [0.3, 0.4) is 0 Å². The lowest BCUT2D eigenvalue weighted by Gasteiger charge is -2.19. The molecule has 0 aliphatic heterocycles. The van der Waals surface area contributed by atoms with Gasteiger partial charge in [-0.05, 0) is 38.1 Å². The Balaban J connectivity index is 2.30. The maximum atomic E-state index is 9.63. The summed E-state index contributed by atoms with van der Waals surface area (Å²) < 4.78 is 12.2. The maximum Gasteiger partial charge on any atom is 0.166 e. The van der Waals surface area contributed by atoms with Crippen molar-refractivity contribution in [1.29, 1.82) is 0 Å². The van der Waals surface area contributed by atoms with Crippen molar-refractivity contribution >= 4 is 44.8 Å². The lowest BCUT2D eigenvalue weighted by Crippen LogP contribution is -2.10. The monoisotopic (exact) mass is 433 g/mol. The van der Waals surface area contributed by atoms with Crippen LogP contribution >= 0.6 is 39.1 Å². The van der Waals surface area contributed by atoms with Crippen LogP contribution in [0.25, 0.3) is 0 Å². The fourth-order valence-corrected chi connectivity index (χ4v) is 3.11. The highest BCUT2D eigenvalue weighted by Gasteiger charge is 2.15. The molecule has 2 aromatic carbocycles. The number of aromatic hydroxyl groups is 1. The van der Waals surface area contributed by atoms with Crippen molar-refractivity contribution in [2.45, 2.75) is 26.5 Å². The quantitative estimate of drug-likeness (QED) is 0.558. The largest absolute Gasteiger partial charge is 0.505 e. The SMILES string of the molecule is COc1cc(Br)cc(CNc2cc(Cl)c(O)c(Cl)c2)c1OC(C)C. The molecule has 2 rings (SSSR count). The van der Waals surface area contributed by atoms with Crippen molar-refractivity contribution < 1.29 is 14.6 Å². The van der Waals surface area contributed by atoms with E-state index < -0.39 is 0 Å². The minimum Gasteiger partial charge on any atom is -0.505 e. The van der Waals surface area contributed by atoms with Gasteiger partial charge in [0.05, 0.1) is 23.3 Å². The number of hydrogen-bond acceptors (Lipinski definition) is 4. The Morgan fingerprint density at radius 3 is 2.33 bits per heavy atom. The molecule has 0 heterocycles. The molecule has 0 atom stereocenters. The van der Waals surface area contributed by atoms with Crippen LogP contribution in [0.2, 0.25) is 10.0 Å². The number of rotatable bonds is 6. The Bertz CT molecular complexity index is 715. The van der Waals surface area contributed by atoms with E-state index in [1.807, 2.05) is 26.0 Å². The third-order valence-corrected chi connectivity index (χ3v) is 4.20. The molecule has 0 saturated carbocycles. The number of methoxy groups -OCH3 is 1. The van der Waals surface area contributed by atoms with Gasteiger partial charge in [-0.15, -0.1) is 0 Å². The number of benzene rings is 2. The van der Waals surface area contributed by atoms with Crippen LogP contribution in [0.4, 0.5) is 5.69 Å². The van der Waals surface area contributed by atoms with Gasteiger partial charge < -0.3 is 19.9 Å². The molecule has 4 nitrogen and oxygen atoms in total. The molecule has 0 unspecified atom stereocenters. The number of phenols is 1. The zero-order valence-electron chi connectivity index (χ0n) is 13.5. The van der Waals surface area contributed by atoms with Gasteiger partial charge in [0.2, 0.25) is 0 Å². The topological polar surface area (TPSA) is 50.7 Å². The summed E-state index contributed by atoms with van der Waals surface area (Å²) in [6, 6.07) is 7.04. The van der Waals surface area contributed by atoms with E-state index in [-0.39, 0.29) is 21.9 Å². The van der Waals surface area contributed by atoms with Crippen LogP contribution in [0, 0.1) is 0 Å². The second kappa shape index (κ2) is 8.19. The van der Waals surface area contributed by atoms with Crippen molar-refractivity contribution in [1.82, 2.24) is 0 Å². The van der Waals surface area contributed by atoms with E-state index in [2.05, 4.69) is 21.2 Å². The molecule has 0 aliphatic rings. The Hall–Kier alpha value is -1.30. The van der Waals surface area contributed by atoms with E-state index in [1.165, 1.54) is 0 Å². The van der Waals surface area contributed by atoms with E-state index in [9.17, 15) is 5.11 Å². The molecule has 0 radical (unpaired) electrons. The smallest absolute Gasteiger partial charge is 0.166 e. The Morgan fingerprint density at radius 2 is 1.79 bits per heavy atom. The fourth-order valence-electron chi connectivity index (χ4n) is 2.14. The second-order valence-electron chi connectivity index (χ2n) is 5.40. The summed E-state index contributed by atoms with van der Waals surface area (Å²) in [5.74, 6) is 1.20. The first-order valence-electron chi connectivity index (χ1n) is 7.26. The third-order valence-electron chi connectivity index (χ3n) is 3.17. The molecule has 0 fully saturated rings. The molecular weight excluding hydrogens is 417 g/mol. The van der Waals surface area contributed by atoms with Gasteiger partial charge in [0, 0.05) is 22.3 Å². The van der Waals surface area contributed by atoms with Crippen LogP contribution in [0.1, 0.15) is 19.4 Å². The number of nitrogens with one attached hydrogen (secondary N) is 1. The lowest BCUT2D eigenvalue weighted by atomic mass is 10.1. The number of anilines is 1. The molecule has 2 aromatic rings. The number of hydrogen-bond donors (Lipinski definition) is 2. The van der Waals surface area contributed by atoms with Crippen molar-refractivity contribution in [3.05, 3.63) is 44.3 Å². The van der Waals surface area contributed by atoms with Crippen LogP contribution in [0.15, 0.2) is 28.7 Å². The van der Waals surface area contributed by atoms with Gasteiger partial charge in [0.25, 0.3) is 0 Å². The Labute approximate surface area is 159 Å². The lowest BCUT2D eigenvalue weighted by molar-refractivity contribution is 0.228. The molecule has 7 heteroatoms. The van der Waals surface area contributed by atoms with Crippen molar-refractivity contribution in [2.24, 2.45) is 0 Å². The molecular formula is C17H18BrCl2NO3. The normalized spacial score (nSPS) is 10.8. The zero-order valence-corrected chi connectivity index (χ0v) is 16.6. The van der Waals surface area contributed by atoms with E-state index in [0.717, 1.165) is 10.0 Å². The molecule has 0 aliphatic carbocycles. The second-order valence-corrected chi connectivity index (χ2v) is 7.14. The average molecular weight is 435 g/mol. The third kappa shape index (κ3) is 4.62. The maximum absolute atomic E-state index is 9.63. The molecule has 130 valence electrons. The van der Waals surface area contributed by atoms with Gasteiger partial charge in [-0.1, -0.05) is 39.1 Å². The summed E-state index contributed by atoms with van der Waals surface area (Å²) in [5, 5.41) is 13.2. The molecule has 24 heavy (non-hydrogen) atoms. The van der Waals surface area contributed by atoms with Crippen molar-refractivity contribution in [3.63, 3.8) is 0 Å². The van der Waals surface area contributed by atoms with Gasteiger partial charge in [0.15, 0.2) is 17.2 Å². The molecule has 2 N–H and O–H groups in total. The van der Waals surface area contributed by atoms with E-state index in [4.69, 9.17) is 32.7 Å². The zero-order chi connectivity index (χ0) is 17.9. The Morgan fingerprint density at radius 1 is 1.17 bits per heavy atom. The summed E-state index contributed by atoms with van der Waals surface area (Å²) >= 11 is 15.4. The number of phenolic OH excluding ortho intramolecular Hbond substituents is 1. The highest BCUT2D eigenvalue weighted by atomic mass is 79.9. The molecule has 0 bridgehead atoms. The molecule has 0 aromatic heterocycles. The van der Waals surface area contributed by atoms with Crippen molar-refractivity contribution in [2.75, 3.05) is 12.4 Å². The van der Waals surface area contributed by atoms with Crippen LogP contribution < -0.4 is 14.8 Å². The predicted octanol–water partition coefficient (Wildman–Crippen LogP) is 5.87. The van der Waals surface area contributed by atoms with E-state index >= 15 is 0 Å².